The molecule has 92 valence electrons. The average Bonchev–Trinajstić information content (AvgIpc) is 2.26. The second-order valence-corrected chi connectivity index (χ2v) is 5.48. The van der Waals surface area contributed by atoms with Crippen LogP contribution < -0.4 is 10.5 Å². The first-order valence-electron chi connectivity index (χ1n) is 5.88. The second-order valence-electron chi connectivity index (χ2n) is 5.48. The van der Waals surface area contributed by atoms with Crippen molar-refractivity contribution in [3.05, 3.63) is 29.8 Å². The van der Waals surface area contributed by atoms with Crippen LogP contribution in [0.1, 0.15) is 39.2 Å². The van der Waals surface area contributed by atoms with Gasteiger partial charge in [-0.1, -0.05) is 39.0 Å². The van der Waals surface area contributed by atoms with Crippen LogP contribution >= 0.6 is 0 Å². The molecule has 0 aliphatic carbocycles. The van der Waals surface area contributed by atoms with Crippen molar-refractivity contribution in [3.63, 3.8) is 0 Å². The quantitative estimate of drug-likeness (QED) is 0.810. The molecule has 1 aliphatic heterocycles. The number of carbonyl (C=O) groups excluding carboxylic acids is 1. The summed E-state index contributed by atoms with van der Waals surface area (Å²) >= 11 is 0. The third kappa shape index (κ3) is 1.45. The Morgan fingerprint density at radius 3 is 2.47 bits per heavy atom. The summed E-state index contributed by atoms with van der Waals surface area (Å²) in [6.07, 6.45) is 0. The molecule has 2 atom stereocenters. The highest BCUT2D eigenvalue weighted by atomic mass is 16.5. The summed E-state index contributed by atoms with van der Waals surface area (Å²) in [5.41, 5.74) is 5.36. The van der Waals surface area contributed by atoms with Crippen molar-refractivity contribution >= 4 is 5.91 Å². The minimum atomic E-state index is -0.971. The minimum Gasteiger partial charge on any atom is -0.477 e. The maximum atomic E-state index is 11.7. The molecule has 0 aromatic heterocycles. The van der Waals surface area contributed by atoms with Crippen LogP contribution in [-0.4, -0.2) is 11.5 Å². The predicted molar refractivity (Wildman–Crippen MR) is 66.9 cm³/mol. The third-order valence-electron chi connectivity index (χ3n) is 4.48. The third-order valence-corrected chi connectivity index (χ3v) is 4.48. The number of carbonyl (C=O) groups is 1. The summed E-state index contributed by atoms with van der Waals surface area (Å²) in [6, 6.07) is 7.83. The van der Waals surface area contributed by atoms with Gasteiger partial charge < -0.3 is 10.5 Å². The Kier molecular flexibility index (Phi) is 2.45. The van der Waals surface area contributed by atoms with Crippen molar-refractivity contribution in [1.29, 1.82) is 0 Å². The van der Waals surface area contributed by atoms with E-state index in [1.807, 2.05) is 38.1 Å². The van der Waals surface area contributed by atoms with E-state index >= 15 is 0 Å². The fourth-order valence-electron chi connectivity index (χ4n) is 2.45. The Balaban J connectivity index is 2.61. The normalized spacial score (nSPS) is 30.2. The summed E-state index contributed by atoms with van der Waals surface area (Å²) in [6.45, 7) is 7.95. The lowest BCUT2D eigenvalue weighted by molar-refractivity contribution is -0.146. The lowest BCUT2D eigenvalue weighted by Gasteiger charge is -2.49. The van der Waals surface area contributed by atoms with Gasteiger partial charge in [0.2, 0.25) is 0 Å². The zero-order valence-corrected chi connectivity index (χ0v) is 10.8. The Morgan fingerprint density at radius 2 is 1.88 bits per heavy atom. The number of fused-ring (bicyclic) bond motifs is 1. The first kappa shape index (κ1) is 12.0. The molecule has 3 nitrogen and oxygen atoms in total. The lowest BCUT2D eigenvalue weighted by atomic mass is 9.63. The number of rotatable bonds is 1. The molecule has 1 heterocycles. The molecule has 3 heteroatoms. The van der Waals surface area contributed by atoms with E-state index in [2.05, 4.69) is 6.92 Å². The Labute approximate surface area is 102 Å². The van der Waals surface area contributed by atoms with Gasteiger partial charge in [-0.05, 0) is 24.5 Å². The van der Waals surface area contributed by atoms with Crippen LogP contribution in [0.2, 0.25) is 0 Å². The number of hydrogen-bond acceptors (Lipinski definition) is 2. The number of ether oxygens (including phenoxy) is 1. The zero-order valence-electron chi connectivity index (χ0n) is 10.8. The summed E-state index contributed by atoms with van der Waals surface area (Å²) in [7, 11) is 0. The van der Waals surface area contributed by atoms with Gasteiger partial charge in [0.15, 0.2) is 5.60 Å². The van der Waals surface area contributed by atoms with Crippen LogP contribution in [0.25, 0.3) is 0 Å². The number of para-hydroxylation sites is 1. The van der Waals surface area contributed by atoms with Gasteiger partial charge in [-0.2, -0.15) is 0 Å². The van der Waals surface area contributed by atoms with Crippen LogP contribution in [0.15, 0.2) is 24.3 Å². The van der Waals surface area contributed by atoms with E-state index in [-0.39, 0.29) is 11.3 Å². The van der Waals surface area contributed by atoms with Crippen LogP contribution in [0.5, 0.6) is 5.75 Å². The molecule has 1 aliphatic rings. The molecule has 0 bridgehead atoms. The predicted octanol–water partition coefficient (Wildman–Crippen LogP) is 2.45. The Morgan fingerprint density at radius 1 is 1.29 bits per heavy atom. The minimum absolute atomic E-state index is 0.213. The first-order valence-corrected chi connectivity index (χ1v) is 5.88. The fourth-order valence-corrected chi connectivity index (χ4v) is 2.45. The second kappa shape index (κ2) is 3.49. The molecule has 1 amide bonds. The molecule has 1 aromatic rings. The van der Waals surface area contributed by atoms with E-state index in [1.54, 1.807) is 6.92 Å². The zero-order chi connectivity index (χ0) is 12.8. The topological polar surface area (TPSA) is 52.3 Å². The van der Waals surface area contributed by atoms with E-state index in [4.69, 9.17) is 10.5 Å². The van der Waals surface area contributed by atoms with E-state index in [0.29, 0.717) is 0 Å². The van der Waals surface area contributed by atoms with Crippen molar-refractivity contribution in [2.45, 2.75) is 39.2 Å². The number of hydrogen-bond donors (Lipinski definition) is 1. The smallest absolute Gasteiger partial charge is 0.261 e. The molecule has 0 spiro atoms. The molecule has 0 saturated heterocycles. The average molecular weight is 233 g/mol. The van der Waals surface area contributed by atoms with Crippen LogP contribution in [0.4, 0.5) is 0 Å². The summed E-state index contributed by atoms with van der Waals surface area (Å²) < 4.78 is 5.89. The van der Waals surface area contributed by atoms with E-state index in [1.165, 1.54) is 0 Å². The molecule has 2 rings (SSSR count). The highest BCUT2D eigenvalue weighted by Crippen LogP contribution is 2.52. The number of nitrogens with two attached hydrogens (primary N) is 1. The van der Waals surface area contributed by atoms with Crippen molar-refractivity contribution in [1.82, 2.24) is 0 Å². The molecule has 1 aromatic carbocycles. The number of amides is 1. The monoisotopic (exact) mass is 233 g/mol. The van der Waals surface area contributed by atoms with E-state index in [9.17, 15) is 4.79 Å². The van der Waals surface area contributed by atoms with Crippen LogP contribution in [0, 0.1) is 5.41 Å². The molecule has 0 radical (unpaired) electrons. The van der Waals surface area contributed by atoms with Crippen molar-refractivity contribution in [2.24, 2.45) is 11.1 Å². The highest BCUT2D eigenvalue weighted by molar-refractivity contribution is 5.85. The van der Waals surface area contributed by atoms with Gasteiger partial charge in [0, 0.05) is 5.41 Å². The van der Waals surface area contributed by atoms with Gasteiger partial charge in [0.25, 0.3) is 5.91 Å². The lowest BCUT2D eigenvalue weighted by Crippen LogP contribution is -2.60. The maximum absolute atomic E-state index is 11.7. The number of primary amides is 1. The van der Waals surface area contributed by atoms with Gasteiger partial charge >= 0.3 is 0 Å². The first-order chi connectivity index (χ1) is 7.80. The number of benzene rings is 1. The standard InChI is InChI=1S/C14H19NO2/c1-9-10-7-5-6-8-11(10)17-14(4,12(15)16)13(9,2)3/h5-9H,1-4H3,(H2,15,16). The van der Waals surface area contributed by atoms with Crippen molar-refractivity contribution < 1.29 is 9.53 Å². The fraction of sp³-hybridized carbons (Fsp3) is 0.500. The Bertz CT molecular complexity index is 467. The van der Waals surface area contributed by atoms with Gasteiger partial charge in [0.1, 0.15) is 5.75 Å². The van der Waals surface area contributed by atoms with Gasteiger partial charge in [-0.3, -0.25) is 4.79 Å². The summed E-state index contributed by atoms with van der Waals surface area (Å²) in [5, 5.41) is 0. The largest absolute Gasteiger partial charge is 0.477 e. The highest BCUT2D eigenvalue weighted by Gasteiger charge is 2.55. The van der Waals surface area contributed by atoms with Crippen molar-refractivity contribution in [3.8, 4) is 5.75 Å². The van der Waals surface area contributed by atoms with E-state index < -0.39 is 11.5 Å². The molecular formula is C14H19NO2. The maximum Gasteiger partial charge on any atom is 0.261 e. The van der Waals surface area contributed by atoms with Gasteiger partial charge in [0.05, 0.1) is 0 Å². The van der Waals surface area contributed by atoms with E-state index in [0.717, 1.165) is 11.3 Å². The molecule has 0 fully saturated rings. The molecular weight excluding hydrogens is 214 g/mol. The summed E-state index contributed by atoms with van der Waals surface area (Å²) in [5.74, 6) is 0.564. The SMILES string of the molecule is CC1c2ccccc2OC(C)(C(N)=O)C1(C)C. The molecule has 0 saturated carbocycles. The van der Waals surface area contributed by atoms with Crippen LogP contribution in [0.3, 0.4) is 0 Å². The molecule has 2 N–H and O–H groups in total. The molecule has 2 unspecified atom stereocenters. The van der Waals surface area contributed by atoms with Crippen LogP contribution in [-0.2, 0) is 4.79 Å². The van der Waals surface area contributed by atoms with Gasteiger partial charge in [-0.15, -0.1) is 0 Å². The Hall–Kier alpha value is -1.51. The molecule has 17 heavy (non-hydrogen) atoms. The van der Waals surface area contributed by atoms with Crippen molar-refractivity contribution in [2.75, 3.05) is 0 Å². The summed E-state index contributed by atoms with van der Waals surface area (Å²) in [4.78, 5) is 11.7. The van der Waals surface area contributed by atoms with Gasteiger partial charge in [-0.25, -0.2) is 0 Å².